The van der Waals surface area contributed by atoms with Crippen LogP contribution in [0, 0.1) is 5.82 Å². The maximum absolute atomic E-state index is 13.2. The molecule has 0 atom stereocenters. The molecule has 0 radical (unpaired) electrons. The van der Waals surface area contributed by atoms with Gasteiger partial charge in [0.25, 0.3) is 0 Å². The predicted molar refractivity (Wildman–Crippen MR) is 98.1 cm³/mol. The standard InChI is InChI=1S/C21H19FN2O3/c1-2-26-18-8-3-4-9-19(18)27-21(25)20-16-6-5-7-17(16)24(23-20)15-12-10-14(22)11-13-15/h3-4,8-13H,2,5-7H2,1H3. The van der Waals surface area contributed by atoms with E-state index in [1.165, 1.54) is 12.1 Å². The molecular formula is C21H19FN2O3. The van der Waals surface area contributed by atoms with Crippen LogP contribution in [0.2, 0.25) is 0 Å². The summed E-state index contributed by atoms with van der Waals surface area (Å²) in [7, 11) is 0. The van der Waals surface area contributed by atoms with E-state index in [1.807, 2.05) is 13.0 Å². The van der Waals surface area contributed by atoms with Crippen LogP contribution in [-0.4, -0.2) is 22.4 Å². The highest BCUT2D eigenvalue weighted by Gasteiger charge is 2.28. The SMILES string of the molecule is CCOc1ccccc1OC(=O)c1nn(-c2ccc(F)cc2)c2c1CCC2. The highest BCUT2D eigenvalue weighted by Crippen LogP contribution is 2.31. The minimum absolute atomic E-state index is 0.304. The van der Waals surface area contributed by atoms with E-state index in [1.54, 1.807) is 35.0 Å². The molecule has 4 rings (SSSR count). The predicted octanol–water partition coefficient (Wildman–Crippen LogP) is 4.12. The molecule has 0 saturated heterocycles. The molecule has 2 aromatic carbocycles. The van der Waals surface area contributed by atoms with Crippen LogP contribution in [0.25, 0.3) is 5.69 Å². The van der Waals surface area contributed by atoms with E-state index in [9.17, 15) is 9.18 Å². The molecule has 0 bridgehead atoms. The molecule has 1 heterocycles. The van der Waals surface area contributed by atoms with Crippen molar-refractivity contribution in [2.24, 2.45) is 0 Å². The number of para-hydroxylation sites is 2. The minimum atomic E-state index is -0.513. The van der Waals surface area contributed by atoms with Gasteiger partial charge in [0.05, 0.1) is 12.3 Å². The van der Waals surface area contributed by atoms with Crippen molar-refractivity contribution in [2.45, 2.75) is 26.2 Å². The second kappa shape index (κ2) is 7.23. The number of hydrogen-bond acceptors (Lipinski definition) is 4. The second-order valence-electron chi connectivity index (χ2n) is 6.28. The van der Waals surface area contributed by atoms with E-state index in [-0.39, 0.29) is 5.82 Å². The number of carbonyl (C=O) groups is 1. The summed E-state index contributed by atoms with van der Waals surface area (Å²) in [6.07, 6.45) is 2.54. The molecule has 3 aromatic rings. The number of rotatable bonds is 5. The van der Waals surface area contributed by atoms with E-state index in [4.69, 9.17) is 9.47 Å². The molecule has 0 aliphatic heterocycles. The van der Waals surface area contributed by atoms with Crippen molar-refractivity contribution in [3.05, 3.63) is 71.3 Å². The number of aromatic nitrogens is 2. The minimum Gasteiger partial charge on any atom is -0.490 e. The first kappa shape index (κ1) is 17.3. The quantitative estimate of drug-likeness (QED) is 0.504. The summed E-state index contributed by atoms with van der Waals surface area (Å²) in [5.74, 6) is 0.0614. The number of halogens is 1. The van der Waals surface area contributed by atoms with Crippen molar-refractivity contribution in [1.82, 2.24) is 9.78 Å². The van der Waals surface area contributed by atoms with Gasteiger partial charge in [-0.25, -0.2) is 13.9 Å². The molecule has 0 amide bonds. The first-order chi connectivity index (χ1) is 13.2. The van der Waals surface area contributed by atoms with E-state index in [0.29, 0.717) is 23.8 Å². The van der Waals surface area contributed by atoms with Gasteiger partial charge in [0.1, 0.15) is 5.82 Å². The molecule has 6 heteroatoms. The molecule has 27 heavy (non-hydrogen) atoms. The smallest absolute Gasteiger partial charge is 0.364 e. The normalized spacial score (nSPS) is 12.7. The Bertz CT molecular complexity index is 980. The molecule has 5 nitrogen and oxygen atoms in total. The maximum atomic E-state index is 13.2. The molecule has 0 N–H and O–H groups in total. The van der Waals surface area contributed by atoms with Crippen LogP contribution in [0.3, 0.4) is 0 Å². The molecular weight excluding hydrogens is 347 g/mol. The zero-order chi connectivity index (χ0) is 18.8. The highest BCUT2D eigenvalue weighted by molar-refractivity contribution is 5.91. The Kier molecular flexibility index (Phi) is 4.62. The third kappa shape index (κ3) is 3.30. The summed E-state index contributed by atoms with van der Waals surface area (Å²) in [6.45, 7) is 2.35. The van der Waals surface area contributed by atoms with E-state index < -0.39 is 5.97 Å². The fraction of sp³-hybridized carbons (Fsp3) is 0.238. The van der Waals surface area contributed by atoms with Crippen LogP contribution in [0.15, 0.2) is 48.5 Å². The van der Waals surface area contributed by atoms with Gasteiger partial charge in [0.2, 0.25) is 0 Å². The third-order valence-corrected chi connectivity index (χ3v) is 4.55. The molecule has 138 valence electrons. The van der Waals surface area contributed by atoms with Gasteiger partial charge < -0.3 is 9.47 Å². The number of carbonyl (C=O) groups excluding carboxylic acids is 1. The van der Waals surface area contributed by atoms with Crippen LogP contribution in [0.1, 0.15) is 35.1 Å². The first-order valence-corrected chi connectivity index (χ1v) is 8.98. The summed E-state index contributed by atoms with van der Waals surface area (Å²) in [5.41, 5.74) is 2.91. The van der Waals surface area contributed by atoms with Gasteiger partial charge >= 0.3 is 5.97 Å². The maximum Gasteiger partial charge on any atom is 0.364 e. The Balaban J connectivity index is 1.67. The molecule has 1 aliphatic carbocycles. The average molecular weight is 366 g/mol. The van der Waals surface area contributed by atoms with Crippen molar-refractivity contribution >= 4 is 5.97 Å². The van der Waals surface area contributed by atoms with Gasteiger partial charge in [-0.15, -0.1) is 0 Å². The van der Waals surface area contributed by atoms with Crippen LogP contribution in [0.5, 0.6) is 11.5 Å². The van der Waals surface area contributed by atoms with Crippen LogP contribution >= 0.6 is 0 Å². The average Bonchev–Trinajstić information content (AvgIpc) is 3.27. The Morgan fingerprint density at radius 2 is 1.85 bits per heavy atom. The first-order valence-electron chi connectivity index (χ1n) is 8.98. The van der Waals surface area contributed by atoms with Crippen molar-refractivity contribution < 1.29 is 18.7 Å². The lowest BCUT2D eigenvalue weighted by atomic mass is 10.2. The lowest BCUT2D eigenvalue weighted by molar-refractivity contribution is 0.0720. The summed E-state index contributed by atoms with van der Waals surface area (Å²) >= 11 is 0. The molecule has 0 fully saturated rings. The Morgan fingerprint density at radius 3 is 2.59 bits per heavy atom. The van der Waals surface area contributed by atoms with Gasteiger partial charge in [-0.1, -0.05) is 12.1 Å². The highest BCUT2D eigenvalue weighted by atomic mass is 19.1. The zero-order valence-electron chi connectivity index (χ0n) is 14.9. The number of hydrogen-bond donors (Lipinski definition) is 0. The number of ether oxygens (including phenoxy) is 2. The van der Waals surface area contributed by atoms with Crippen molar-refractivity contribution in [3.63, 3.8) is 0 Å². The largest absolute Gasteiger partial charge is 0.490 e. The van der Waals surface area contributed by atoms with E-state index >= 15 is 0 Å². The van der Waals surface area contributed by atoms with E-state index in [0.717, 1.165) is 36.2 Å². The zero-order valence-corrected chi connectivity index (χ0v) is 14.9. The van der Waals surface area contributed by atoms with Gasteiger partial charge in [-0.05, 0) is 62.6 Å². The van der Waals surface area contributed by atoms with Crippen molar-refractivity contribution in [3.8, 4) is 17.2 Å². The van der Waals surface area contributed by atoms with Crippen LogP contribution in [-0.2, 0) is 12.8 Å². The molecule has 0 unspecified atom stereocenters. The molecule has 1 aromatic heterocycles. The van der Waals surface area contributed by atoms with Gasteiger partial charge in [0.15, 0.2) is 17.2 Å². The fourth-order valence-corrected chi connectivity index (χ4v) is 3.35. The molecule has 0 saturated carbocycles. The Labute approximate surface area is 156 Å². The molecule has 1 aliphatic rings. The lowest BCUT2D eigenvalue weighted by Gasteiger charge is -2.09. The van der Waals surface area contributed by atoms with Crippen molar-refractivity contribution in [2.75, 3.05) is 6.61 Å². The third-order valence-electron chi connectivity index (χ3n) is 4.55. The Morgan fingerprint density at radius 1 is 1.11 bits per heavy atom. The van der Waals surface area contributed by atoms with Gasteiger partial charge in [0, 0.05) is 11.3 Å². The second-order valence-corrected chi connectivity index (χ2v) is 6.28. The summed E-state index contributed by atoms with van der Waals surface area (Å²) < 4.78 is 26.0. The van der Waals surface area contributed by atoms with Gasteiger partial charge in [-0.2, -0.15) is 5.10 Å². The van der Waals surface area contributed by atoms with Crippen LogP contribution < -0.4 is 9.47 Å². The number of esters is 1. The summed E-state index contributed by atoms with van der Waals surface area (Å²) in [4.78, 5) is 12.8. The molecule has 0 spiro atoms. The summed E-state index contributed by atoms with van der Waals surface area (Å²) in [5, 5.41) is 4.48. The topological polar surface area (TPSA) is 53.4 Å². The lowest BCUT2D eigenvalue weighted by Crippen LogP contribution is -2.13. The van der Waals surface area contributed by atoms with E-state index in [2.05, 4.69) is 5.10 Å². The van der Waals surface area contributed by atoms with Crippen LogP contribution in [0.4, 0.5) is 4.39 Å². The Hall–Kier alpha value is -3.15. The summed E-state index contributed by atoms with van der Waals surface area (Å²) in [6, 6.07) is 13.1. The van der Waals surface area contributed by atoms with Gasteiger partial charge in [-0.3, -0.25) is 0 Å². The number of benzene rings is 2. The van der Waals surface area contributed by atoms with Crippen molar-refractivity contribution in [1.29, 1.82) is 0 Å². The monoisotopic (exact) mass is 366 g/mol. The number of fused-ring (bicyclic) bond motifs is 1. The fourth-order valence-electron chi connectivity index (χ4n) is 3.35. The number of nitrogens with zero attached hydrogens (tertiary/aromatic N) is 2.